The van der Waals surface area contributed by atoms with Crippen molar-refractivity contribution in [2.75, 3.05) is 13.1 Å². The summed E-state index contributed by atoms with van der Waals surface area (Å²) in [5.41, 5.74) is 4.61. The molecule has 0 N–H and O–H groups in total. The van der Waals surface area contributed by atoms with E-state index in [2.05, 4.69) is 29.2 Å². The van der Waals surface area contributed by atoms with E-state index in [1.165, 1.54) is 16.5 Å². The molecule has 152 valence electrons. The molecule has 0 saturated carbocycles. The second-order valence-corrected chi connectivity index (χ2v) is 8.52. The van der Waals surface area contributed by atoms with E-state index >= 15 is 0 Å². The molecule has 1 aliphatic heterocycles. The summed E-state index contributed by atoms with van der Waals surface area (Å²) >= 11 is 0. The van der Waals surface area contributed by atoms with Gasteiger partial charge in [-0.25, -0.2) is 0 Å². The molecule has 1 fully saturated rings. The zero-order valence-corrected chi connectivity index (χ0v) is 17.1. The van der Waals surface area contributed by atoms with Crippen molar-refractivity contribution in [1.82, 2.24) is 9.88 Å². The van der Waals surface area contributed by atoms with Crippen LogP contribution in [-0.4, -0.2) is 34.7 Å². The molecule has 0 bridgehead atoms. The molecule has 1 unspecified atom stereocenters. The molecular formula is C26H26N2O2. The number of likely N-dealkylation sites (tertiary alicyclic amines) is 1. The molecule has 4 heteroatoms. The van der Waals surface area contributed by atoms with Gasteiger partial charge in [-0.1, -0.05) is 36.4 Å². The smallest absolute Gasteiger partial charge is 0.222 e. The summed E-state index contributed by atoms with van der Waals surface area (Å²) in [7, 11) is 0. The van der Waals surface area contributed by atoms with Crippen LogP contribution in [0.15, 0.2) is 54.9 Å². The van der Waals surface area contributed by atoms with Gasteiger partial charge in [-0.15, -0.1) is 0 Å². The predicted molar refractivity (Wildman–Crippen MR) is 118 cm³/mol. The molecule has 4 nitrogen and oxygen atoms in total. The number of ketones is 1. The van der Waals surface area contributed by atoms with Crippen molar-refractivity contribution in [3.63, 3.8) is 0 Å². The number of rotatable bonds is 5. The third-order valence-corrected chi connectivity index (χ3v) is 6.64. The molecular weight excluding hydrogens is 372 g/mol. The number of aromatic nitrogens is 1. The molecule has 5 rings (SSSR count). The van der Waals surface area contributed by atoms with E-state index in [0.717, 1.165) is 48.7 Å². The summed E-state index contributed by atoms with van der Waals surface area (Å²) < 4.78 is 0. The number of hydrogen-bond acceptors (Lipinski definition) is 3. The fourth-order valence-electron chi connectivity index (χ4n) is 5.05. The number of benzene rings is 2. The second-order valence-electron chi connectivity index (χ2n) is 8.52. The maximum Gasteiger partial charge on any atom is 0.222 e. The lowest BCUT2D eigenvalue weighted by Crippen LogP contribution is -2.42. The fraction of sp³-hybridized carbons (Fsp3) is 0.346. The number of Topliss-reactive ketones (excluding diaryl/α,β-unsaturated/α-hetero) is 1. The van der Waals surface area contributed by atoms with Gasteiger partial charge in [-0.3, -0.25) is 14.6 Å². The maximum absolute atomic E-state index is 13.5. The molecule has 1 saturated heterocycles. The molecule has 2 aromatic carbocycles. The van der Waals surface area contributed by atoms with Gasteiger partial charge in [-0.2, -0.15) is 0 Å². The van der Waals surface area contributed by atoms with Crippen molar-refractivity contribution in [1.29, 1.82) is 0 Å². The van der Waals surface area contributed by atoms with Crippen LogP contribution in [0.1, 0.15) is 46.3 Å². The van der Waals surface area contributed by atoms with Crippen molar-refractivity contribution >= 4 is 22.5 Å². The number of amides is 1. The molecule has 30 heavy (non-hydrogen) atoms. The Balaban J connectivity index is 1.31. The quantitative estimate of drug-likeness (QED) is 0.599. The molecule has 2 aliphatic rings. The van der Waals surface area contributed by atoms with Gasteiger partial charge in [-0.05, 0) is 65.6 Å². The molecule has 1 aliphatic carbocycles. The molecule has 1 aromatic heterocycles. The molecule has 3 aromatic rings. The average molecular weight is 399 g/mol. The highest BCUT2D eigenvalue weighted by atomic mass is 16.2. The van der Waals surface area contributed by atoms with Gasteiger partial charge in [0.25, 0.3) is 0 Å². The van der Waals surface area contributed by atoms with Gasteiger partial charge in [0.1, 0.15) is 0 Å². The predicted octanol–water partition coefficient (Wildman–Crippen LogP) is 4.39. The Kier molecular flexibility index (Phi) is 5.07. The summed E-state index contributed by atoms with van der Waals surface area (Å²) in [6.45, 7) is 1.28. The third kappa shape index (κ3) is 3.51. The number of pyridine rings is 1. The van der Waals surface area contributed by atoms with Crippen LogP contribution < -0.4 is 0 Å². The summed E-state index contributed by atoms with van der Waals surface area (Å²) in [5.74, 6) is 0.215. The first-order valence-electron chi connectivity index (χ1n) is 10.9. The van der Waals surface area contributed by atoms with Crippen molar-refractivity contribution in [3.8, 4) is 0 Å². The number of carbonyl (C=O) groups excluding carboxylic acids is 2. The van der Waals surface area contributed by atoms with Gasteiger partial charge < -0.3 is 4.90 Å². The van der Waals surface area contributed by atoms with E-state index in [-0.39, 0.29) is 17.6 Å². The lowest BCUT2D eigenvalue weighted by molar-refractivity contribution is -0.132. The van der Waals surface area contributed by atoms with E-state index in [4.69, 9.17) is 0 Å². The number of hydrogen-bond donors (Lipinski definition) is 0. The number of piperidine rings is 1. The topological polar surface area (TPSA) is 50.3 Å². The van der Waals surface area contributed by atoms with Crippen molar-refractivity contribution in [2.45, 2.75) is 38.5 Å². The van der Waals surface area contributed by atoms with Crippen LogP contribution in [-0.2, 0) is 24.1 Å². The van der Waals surface area contributed by atoms with Gasteiger partial charge in [0.05, 0.1) is 0 Å². The van der Waals surface area contributed by atoms with Gasteiger partial charge in [0.15, 0.2) is 5.78 Å². The SMILES string of the molecule is O=C(c1ccc2c3c(cccc13)CC2)C1CCCN(C(=O)CCc2cccnc2)C1. The highest BCUT2D eigenvalue weighted by molar-refractivity contribution is 6.11. The summed E-state index contributed by atoms with van der Waals surface area (Å²) in [6.07, 6.45) is 8.58. The van der Waals surface area contributed by atoms with E-state index < -0.39 is 0 Å². The van der Waals surface area contributed by atoms with Crippen LogP contribution in [0, 0.1) is 5.92 Å². The summed E-state index contributed by atoms with van der Waals surface area (Å²) in [5, 5.41) is 2.37. The molecule has 1 atom stereocenters. The zero-order valence-electron chi connectivity index (χ0n) is 17.1. The molecule has 0 radical (unpaired) electrons. The van der Waals surface area contributed by atoms with E-state index in [1.54, 1.807) is 6.20 Å². The minimum absolute atomic E-state index is 0.112. The van der Waals surface area contributed by atoms with Crippen LogP contribution in [0.2, 0.25) is 0 Å². The Hall–Kier alpha value is -3.01. The normalized spacial score (nSPS) is 18.0. The first-order chi connectivity index (χ1) is 14.7. The standard InChI is InChI=1S/C26H26N2O2/c29-24(13-8-18-4-2-14-27-16-18)28-15-3-6-21(17-28)26(30)23-12-11-20-10-9-19-5-1-7-22(23)25(19)20/h1-2,4-5,7,11-12,14,16,21H,3,6,8-10,13,15,17H2. The van der Waals surface area contributed by atoms with Gasteiger partial charge >= 0.3 is 0 Å². The van der Waals surface area contributed by atoms with E-state index in [1.807, 2.05) is 29.3 Å². The second kappa shape index (κ2) is 8.02. The first-order valence-corrected chi connectivity index (χ1v) is 10.9. The number of aryl methyl sites for hydroxylation is 3. The summed E-state index contributed by atoms with van der Waals surface area (Å²) in [6, 6.07) is 14.4. The highest BCUT2D eigenvalue weighted by Gasteiger charge is 2.30. The monoisotopic (exact) mass is 398 g/mol. The fourth-order valence-corrected chi connectivity index (χ4v) is 5.05. The Morgan fingerprint density at radius 1 is 1.03 bits per heavy atom. The van der Waals surface area contributed by atoms with Gasteiger partial charge in [0, 0.05) is 43.4 Å². The Labute approximate surface area is 176 Å². The number of carbonyl (C=O) groups is 2. The van der Waals surface area contributed by atoms with Crippen molar-refractivity contribution in [3.05, 3.63) is 77.1 Å². The van der Waals surface area contributed by atoms with Gasteiger partial charge in [0.2, 0.25) is 5.91 Å². The summed E-state index contributed by atoms with van der Waals surface area (Å²) in [4.78, 5) is 32.2. The minimum atomic E-state index is -0.112. The Bertz CT molecular complexity index is 1100. The zero-order chi connectivity index (χ0) is 20.5. The lowest BCUT2D eigenvalue weighted by atomic mass is 9.87. The Morgan fingerprint density at radius 3 is 2.73 bits per heavy atom. The molecule has 1 amide bonds. The lowest BCUT2D eigenvalue weighted by Gasteiger charge is -2.32. The van der Waals surface area contributed by atoms with Crippen LogP contribution in [0.5, 0.6) is 0 Å². The third-order valence-electron chi connectivity index (χ3n) is 6.64. The van der Waals surface area contributed by atoms with E-state index in [0.29, 0.717) is 19.4 Å². The Morgan fingerprint density at radius 2 is 1.90 bits per heavy atom. The average Bonchev–Trinajstić information content (AvgIpc) is 3.23. The number of nitrogens with zero attached hydrogens (tertiary/aromatic N) is 2. The van der Waals surface area contributed by atoms with Crippen LogP contribution in [0.3, 0.4) is 0 Å². The van der Waals surface area contributed by atoms with Crippen LogP contribution in [0.25, 0.3) is 10.8 Å². The molecule has 0 spiro atoms. The van der Waals surface area contributed by atoms with Crippen molar-refractivity contribution < 1.29 is 9.59 Å². The van der Waals surface area contributed by atoms with Crippen LogP contribution in [0.4, 0.5) is 0 Å². The van der Waals surface area contributed by atoms with Crippen LogP contribution >= 0.6 is 0 Å². The largest absolute Gasteiger partial charge is 0.342 e. The molecule has 2 heterocycles. The first kappa shape index (κ1) is 19.0. The maximum atomic E-state index is 13.5. The van der Waals surface area contributed by atoms with Crippen molar-refractivity contribution in [2.24, 2.45) is 5.92 Å². The van der Waals surface area contributed by atoms with E-state index in [9.17, 15) is 9.59 Å². The highest BCUT2D eigenvalue weighted by Crippen LogP contribution is 2.34. The minimum Gasteiger partial charge on any atom is -0.342 e.